The van der Waals surface area contributed by atoms with E-state index in [0.29, 0.717) is 30.2 Å². The molecule has 8 heteroatoms. The van der Waals surface area contributed by atoms with E-state index in [0.717, 1.165) is 5.56 Å². The van der Waals surface area contributed by atoms with Crippen LogP contribution in [0.5, 0.6) is 0 Å². The second kappa shape index (κ2) is 6.40. The van der Waals surface area contributed by atoms with Crippen LogP contribution in [0, 0.1) is 0 Å². The van der Waals surface area contributed by atoms with Gasteiger partial charge in [0, 0.05) is 11.7 Å². The van der Waals surface area contributed by atoms with Crippen LogP contribution in [0.3, 0.4) is 0 Å². The molecule has 0 saturated heterocycles. The first-order valence-corrected chi connectivity index (χ1v) is 8.74. The lowest BCUT2D eigenvalue weighted by atomic mass is 9.95. The number of nitrogens with zero attached hydrogens (tertiary/aromatic N) is 3. The second-order valence-corrected chi connectivity index (χ2v) is 7.32. The molecule has 1 aliphatic carbocycles. The number of alkyl halides is 3. The van der Waals surface area contributed by atoms with Crippen LogP contribution >= 0.6 is 11.8 Å². The number of fused-ring (bicyclic) bond motifs is 1. The predicted molar refractivity (Wildman–Crippen MR) is 82.8 cm³/mol. The van der Waals surface area contributed by atoms with Crippen LogP contribution in [0.1, 0.15) is 42.9 Å². The van der Waals surface area contributed by atoms with Crippen molar-refractivity contribution in [2.45, 2.75) is 54.6 Å². The van der Waals surface area contributed by atoms with Gasteiger partial charge in [0.25, 0.3) is 0 Å². The lowest BCUT2D eigenvalue weighted by Crippen LogP contribution is -2.34. The molecule has 4 rings (SSSR count). The molecule has 0 unspecified atom stereocenters. The number of ether oxygens (including phenoxy) is 1. The Bertz CT molecular complexity index is 706. The maximum atomic E-state index is 14.3. The minimum absolute atomic E-state index is 0.144. The molecule has 0 amide bonds. The molecular weight excluding hydrogens is 339 g/mol. The summed E-state index contributed by atoms with van der Waals surface area (Å²) in [6.07, 6.45) is -0.103. The van der Waals surface area contributed by atoms with Gasteiger partial charge >= 0.3 is 6.61 Å². The number of aromatic nitrogens is 3. The van der Waals surface area contributed by atoms with Crippen molar-refractivity contribution in [3.63, 3.8) is 0 Å². The highest BCUT2D eigenvalue weighted by Gasteiger charge is 2.38. The highest BCUT2D eigenvalue weighted by Crippen LogP contribution is 2.42. The maximum absolute atomic E-state index is 14.3. The minimum Gasteiger partial charge on any atom is -0.320 e. The van der Waals surface area contributed by atoms with E-state index in [1.165, 1.54) is 11.8 Å². The van der Waals surface area contributed by atoms with Crippen LogP contribution in [0.4, 0.5) is 13.2 Å². The Kier molecular flexibility index (Phi) is 4.26. The summed E-state index contributed by atoms with van der Waals surface area (Å²) in [7, 11) is 0. The van der Waals surface area contributed by atoms with Crippen LogP contribution in [-0.4, -0.2) is 32.7 Å². The molecule has 1 fully saturated rings. The van der Waals surface area contributed by atoms with Gasteiger partial charge in [0.2, 0.25) is 5.16 Å². The molecule has 0 spiro atoms. The fraction of sp³-hybridized carbons (Fsp3) is 0.500. The monoisotopic (exact) mass is 355 g/mol. The Balaban J connectivity index is 1.44. The summed E-state index contributed by atoms with van der Waals surface area (Å²) in [5, 5.41) is 5.10. The highest BCUT2D eigenvalue weighted by atomic mass is 32.2. The SMILES string of the molecule is FC(F)OC1CC(Sc2nc3n(n2)[C@H](c2ccccc2)C[C@@H]3F)C1. The molecule has 2 aromatic rings. The van der Waals surface area contributed by atoms with Crippen molar-refractivity contribution in [3.8, 4) is 0 Å². The van der Waals surface area contributed by atoms with Crippen LogP contribution in [0.2, 0.25) is 0 Å². The van der Waals surface area contributed by atoms with E-state index in [4.69, 9.17) is 0 Å². The third-order valence-corrected chi connectivity index (χ3v) is 5.55. The molecule has 1 aromatic heterocycles. The van der Waals surface area contributed by atoms with Crippen molar-refractivity contribution >= 4 is 11.8 Å². The number of hydrogen-bond donors (Lipinski definition) is 0. The van der Waals surface area contributed by atoms with Crippen LogP contribution < -0.4 is 0 Å². The summed E-state index contributed by atoms with van der Waals surface area (Å²) in [6.45, 7) is -2.73. The van der Waals surface area contributed by atoms with Gasteiger partial charge in [-0.3, -0.25) is 0 Å². The minimum atomic E-state index is -2.73. The molecule has 0 N–H and O–H groups in total. The number of halogens is 3. The molecule has 1 saturated carbocycles. The van der Waals surface area contributed by atoms with Gasteiger partial charge in [-0.15, -0.1) is 5.10 Å². The van der Waals surface area contributed by atoms with Crippen molar-refractivity contribution in [1.29, 1.82) is 0 Å². The van der Waals surface area contributed by atoms with E-state index in [2.05, 4.69) is 14.8 Å². The molecule has 1 aliphatic heterocycles. The van der Waals surface area contributed by atoms with Crippen LogP contribution in [0.15, 0.2) is 35.5 Å². The zero-order valence-electron chi connectivity index (χ0n) is 12.7. The topological polar surface area (TPSA) is 39.9 Å². The first-order valence-electron chi connectivity index (χ1n) is 7.86. The normalized spacial score (nSPS) is 28.8. The zero-order valence-corrected chi connectivity index (χ0v) is 13.5. The Labute approximate surface area is 141 Å². The highest BCUT2D eigenvalue weighted by molar-refractivity contribution is 7.99. The van der Waals surface area contributed by atoms with Gasteiger partial charge in [-0.2, -0.15) is 8.78 Å². The lowest BCUT2D eigenvalue weighted by molar-refractivity contribution is -0.178. The van der Waals surface area contributed by atoms with E-state index in [-0.39, 0.29) is 11.3 Å². The molecule has 0 bridgehead atoms. The van der Waals surface area contributed by atoms with Gasteiger partial charge in [-0.1, -0.05) is 42.1 Å². The summed E-state index contributed by atoms with van der Waals surface area (Å²) < 4.78 is 44.6. The van der Waals surface area contributed by atoms with Gasteiger partial charge in [0.15, 0.2) is 12.0 Å². The Morgan fingerprint density at radius 3 is 2.62 bits per heavy atom. The standard InChI is InChI=1S/C16H16F3N3OS/c17-12-8-13(9-4-2-1-3-5-9)22-14(12)20-16(21-22)24-11-6-10(7-11)23-15(18)19/h1-5,10-13,15H,6-8H2/t10?,11?,12-,13-/m0/s1. The van der Waals surface area contributed by atoms with E-state index < -0.39 is 18.9 Å². The number of thioether (sulfide) groups is 1. The summed E-state index contributed by atoms with van der Waals surface area (Å²) in [6, 6.07) is 9.53. The van der Waals surface area contributed by atoms with Gasteiger partial charge < -0.3 is 4.74 Å². The molecule has 2 aliphatic rings. The molecule has 128 valence electrons. The Morgan fingerprint density at radius 2 is 1.92 bits per heavy atom. The molecule has 2 atom stereocenters. The average Bonchev–Trinajstić information content (AvgIpc) is 3.06. The quantitative estimate of drug-likeness (QED) is 0.808. The summed E-state index contributed by atoms with van der Waals surface area (Å²) in [5.41, 5.74) is 1.01. The summed E-state index contributed by atoms with van der Waals surface area (Å²) in [5.74, 6) is 0.353. The van der Waals surface area contributed by atoms with Crippen molar-refractivity contribution in [3.05, 3.63) is 41.7 Å². The second-order valence-electron chi connectivity index (χ2n) is 6.06. The van der Waals surface area contributed by atoms with Crippen LogP contribution in [0.25, 0.3) is 0 Å². The summed E-state index contributed by atoms with van der Waals surface area (Å²) >= 11 is 1.41. The fourth-order valence-electron chi connectivity index (χ4n) is 3.18. The van der Waals surface area contributed by atoms with E-state index in [9.17, 15) is 13.2 Å². The molecule has 2 heterocycles. The van der Waals surface area contributed by atoms with Gasteiger partial charge in [-0.05, 0) is 18.4 Å². The fourth-order valence-corrected chi connectivity index (χ4v) is 4.38. The zero-order chi connectivity index (χ0) is 16.7. The van der Waals surface area contributed by atoms with E-state index in [1.807, 2.05) is 30.3 Å². The van der Waals surface area contributed by atoms with Crippen molar-refractivity contribution in [2.24, 2.45) is 0 Å². The number of benzene rings is 1. The smallest absolute Gasteiger partial charge is 0.320 e. The Hall–Kier alpha value is -1.54. The maximum Gasteiger partial charge on any atom is 0.345 e. The van der Waals surface area contributed by atoms with E-state index in [1.54, 1.807) is 4.68 Å². The van der Waals surface area contributed by atoms with Crippen LogP contribution in [-0.2, 0) is 4.74 Å². The van der Waals surface area contributed by atoms with Gasteiger partial charge in [0.05, 0.1) is 12.1 Å². The molecular formula is C16H16F3N3OS. The molecule has 24 heavy (non-hydrogen) atoms. The van der Waals surface area contributed by atoms with Crippen molar-refractivity contribution in [1.82, 2.24) is 14.8 Å². The Morgan fingerprint density at radius 1 is 1.17 bits per heavy atom. The van der Waals surface area contributed by atoms with Gasteiger partial charge in [0.1, 0.15) is 0 Å². The molecule has 4 nitrogen and oxygen atoms in total. The third-order valence-electron chi connectivity index (χ3n) is 4.45. The number of rotatable bonds is 5. The summed E-state index contributed by atoms with van der Waals surface area (Å²) in [4.78, 5) is 4.31. The predicted octanol–water partition coefficient (Wildman–Crippen LogP) is 4.14. The molecule has 0 radical (unpaired) electrons. The van der Waals surface area contributed by atoms with Crippen molar-refractivity contribution in [2.75, 3.05) is 0 Å². The third kappa shape index (κ3) is 3.04. The van der Waals surface area contributed by atoms with E-state index >= 15 is 0 Å². The first-order chi connectivity index (χ1) is 11.6. The first kappa shape index (κ1) is 16.0. The van der Waals surface area contributed by atoms with Gasteiger partial charge in [-0.25, -0.2) is 14.1 Å². The lowest BCUT2D eigenvalue weighted by Gasteiger charge is -2.33. The largest absolute Gasteiger partial charge is 0.345 e. The average molecular weight is 355 g/mol. The van der Waals surface area contributed by atoms with Crippen molar-refractivity contribution < 1.29 is 17.9 Å². The number of hydrogen-bond acceptors (Lipinski definition) is 4. The molecule has 1 aromatic carbocycles.